The smallest absolute Gasteiger partial charge is 0.252 e. The van der Waals surface area contributed by atoms with E-state index in [-0.39, 0.29) is 11.5 Å². The van der Waals surface area contributed by atoms with Gasteiger partial charge in [0.25, 0.3) is 5.91 Å². The molecule has 88 valence electrons. The fourth-order valence-corrected chi connectivity index (χ4v) is 1.02. The Morgan fingerprint density at radius 2 is 2.19 bits per heavy atom. The third-order valence-corrected chi connectivity index (χ3v) is 2.27. The van der Waals surface area contributed by atoms with Crippen LogP contribution in [0.1, 0.15) is 24.2 Å². The lowest BCUT2D eigenvalue weighted by Gasteiger charge is -2.22. The monoisotopic (exact) mass is 224 g/mol. The molecule has 2 N–H and O–H groups in total. The van der Waals surface area contributed by atoms with E-state index in [0.717, 1.165) is 0 Å². The Morgan fingerprint density at radius 1 is 1.50 bits per heavy atom. The number of amides is 1. The van der Waals surface area contributed by atoms with Gasteiger partial charge in [-0.2, -0.15) is 0 Å². The zero-order chi connectivity index (χ0) is 12.2. The summed E-state index contributed by atoms with van der Waals surface area (Å²) in [6.07, 6.45) is 1.39. The molecule has 0 spiro atoms. The molecule has 1 rings (SSSR count). The summed E-state index contributed by atoms with van der Waals surface area (Å²) >= 11 is 0. The van der Waals surface area contributed by atoms with Crippen molar-refractivity contribution in [2.24, 2.45) is 0 Å². The minimum Gasteiger partial charge on any atom is -0.377 e. The number of carbonyl (C=O) groups is 1. The van der Waals surface area contributed by atoms with E-state index in [0.29, 0.717) is 12.1 Å². The van der Waals surface area contributed by atoms with Crippen molar-refractivity contribution in [3.63, 3.8) is 0 Å². The quantitative estimate of drug-likeness (QED) is 0.783. The van der Waals surface area contributed by atoms with Crippen LogP contribution < -0.4 is 10.9 Å². The summed E-state index contributed by atoms with van der Waals surface area (Å²) < 4.78 is 5.17. The Morgan fingerprint density at radius 3 is 2.69 bits per heavy atom. The second-order valence-electron chi connectivity index (χ2n) is 4.09. The average molecular weight is 224 g/mol. The molecule has 5 heteroatoms. The van der Waals surface area contributed by atoms with E-state index in [2.05, 4.69) is 10.3 Å². The number of H-pyrrole nitrogens is 1. The Labute approximate surface area is 93.8 Å². The van der Waals surface area contributed by atoms with E-state index in [1.54, 1.807) is 7.11 Å². The molecule has 0 aromatic carbocycles. The van der Waals surface area contributed by atoms with Gasteiger partial charge < -0.3 is 15.0 Å². The van der Waals surface area contributed by atoms with Crippen LogP contribution in [-0.4, -0.2) is 30.1 Å². The van der Waals surface area contributed by atoms with Gasteiger partial charge >= 0.3 is 0 Å². The minimum atomic E-state index is -0.405. The molecule has 0 radical (unpaired) electrons. The topological polar surface area (TPSA) is 71.2 Å². The van der Waals surface area contributed by atoms with Crippen LogP contribution in [0.5, 0.6) is 0 Å². The molecular formula is C11H16N2O3. The van der Waals surface area contributed by atoms with Gasteiger partial charge in [-0.25, -0.2) is 0 Å². The molecule has 0 saturated heterocycles. The van der Waals surface area contributed by atoms with E-state index in [1.807, 2.05) is 13.8 Å². The second kappa shape index (κ2) is 4.94. The van der Waals surface area contributed by atoms with E-state index >= 15 is 0 Å². The molecule has 1 heterocycles. The summed E-state index contributed by atoms with van der Waals surface area (Å²) in [7, 11) is 1.59. The summed E-state index contributed by atoms with van der Waals surface area (Å²) in [4.78, 5) is 24.9. The van der Waals surface area contributed by atoms with Crippen molar-refractivity contribution in [3.8, 4) is 0 Å². The maximum absolute atomic E-state index is 11.6. The normalized spacial score (nSPS) is 11.2. The Kier molecular flexibility index (Phi) is 3.84. The molecule has 0 aliphatic heterocycles. The molecule has 0 saturated carbocycles. The molecule has 0 unspecified atom stereocenters. The molecule has 0 bridgehead atoms. The predicted octanol–water partition coefficient (Wildman–Crippen LogP) is 0.530. The van der Waals surface area contributed by atoms with Crippen LogP contribution in [0.15, 0.2) is 23.1 Å². The Hall–Kier alpha value is -1.62. The van der Waals surface area contributed by atoms with Crippen LogP contribution in [0.3, 0.4) is 0 Å². The fraction of sp³-hybridized carbons (Fsp3) is 0.455. The number of rotatable bonds is 4. The summed E-state index contributed by atoms with van der Waals surface area (Å²) in [6.45, 7) is 4.15. The zero-order valence-electron chi connectivity index (χ0n) is 9.66. The first-order valence-electron chi connectivity index (χ1n) is 4.97. The third-order valence-electron chi connectivity index (χ3n) is 2.27. The summed E-state index contributed by atoms with van der Waals surface area (Å²) in [6, 6.07) is 2.80. The van der Waals surface area contributed by atoms with Crippen LogP contribution in [0, 0.1) is 0 Å². The SMILES string of the molecule is COC(C)(C)CNC(=O)c1ccc(=O)[nH]c1. The van der Waals surface area contributed by atoms with Crippen molar-refractivity contribution in [3.05, 3.63) is 34.2 Å². The summed E-state index contributed by atoms with van der Waals surface area (Å²) in [5, 5.41) is 2.72. The first-order chi connectivity index (χ1) is 7.44. The number of pyridine rings is 1. The van der Waals surface area contributed by atoms with E-state index in [1.165, 1.54) is 18.3 Å². The summed E-state index contributed by atoms with van der Waals surface area (Å²) in [5.74, 6) is -0.235. The summed E-state index contributed by atoms with van der Waals surface area (Å²) in [5.41, 5.74) is -0.210. The number of carbonyl (C=O) groups excluding carboxylic acids is 1. The molecular weight excluding hydrogens is 208 g/mol. The highest BCUT2D eigenvalue weighted by atomic mass is 16.5. The zero-order valence-corrected chi connectivity index (χ0v) is 9.66. The first kappa shape index (κ1) is 12.4. The van der Waals surface area contributed by atoms with Crippen LogP contribution in [0.2, 0.25) is 0 Å². The number of hydrogen-bond donors (Lipinski definition) is 2. The molecule has 0 fully saturated rings. The maximum atomic E-state index is 11.6. The molecule has 1 aromatic rings. The van der Waals surface area contributed by atoms with Gasteiger partial charge in [0.15, 0.2) is 0 Å². The molecule has 16 heavy (non-hydrogen) atoms. The lowest BCUT2D eigenvalue weighted by atomic mass is 10.1. The lowest BCUT2D eigenvalue weighted by Crippen LogP contribution is -2.39. The largest absolute Gasteiger partial charge is 0.377 e. The van der Waals surface area contributed by atoms with Gasteiger partial charge in [0.1, 0.15) is 0 Å². The van der Waals surface area contributed by atoms with Gasteiger partial charge in [0.2, 0.25) is 5.56 Å². The molecule has 0 aliphatic carbocycles. The van der Waals surface area contributed by atoms with Crippen LogP contribution >= 0.6 is 0 Å². The van der Waals surface area contributed by atoms with Crippen LogP contribution in [0.25, 0.3) is 0 Å². The molecule has 0 atom stereocenters. The van der Waals surface area contributed by atoms with Crippen molar-refractivity contribution in [2.45, 2.75) is 19.4 Å². The Bertz CT molecular complexity index is 403. The molecule has 0 aliphatic rings. The van der Waals surface area contributed by atoms with Gasteiger partial charge in [0, 0.05) is 25.9 Å². The third kappa shape index (κ3) is 3.51. The number of hydrogen-bond acceptors (Lipinski definition) is 3. The van der Waals surface area contributed by atoms with Crippen molar-refractivity contribution >= 4 is 5.91 Å². The number of aromatic amines is 1. The minimum absolute atomic E-state index is 0.228. The van der Waals surface area contributed by atoms with Crippen molar-refractivity contribution in [1.82, 2.24) is 10.3 Å². The highest BCUT2D eigenvalue weighted by Gasteiger charge is 2.17. The van der Waals surface area contributed by atoms with E-state index < -0.39 is 5.60 Å². The first-order valence-corrected chi connectivity index (χ1v) is 4.97. The maximum Gasteiger partial charge on any atom is 0.252 e. The van der Waals surface area contributed by atoms with Gasteiger partial charge in [-0.3, -0.25) is 9.59 Å². The second-order valence-corrected chi connectivity index (χ2v) is 4.09. The van der Waals surface area contributed by atoms with Crippen molar-refractivity contribution in [1.29, 1.82) is 0 Å². The fourth-order valence-electron chi connectivity index (χ4n) is 1.02. The predicted molar refractivity (Wildman–Crippen MR) is 60.5 cm³/mol. The van der Waals surface area contributed by atoms with Crippen molar-refractivity contribution in [2.75, 3.05) is 13.7 Å². The van der Waals surface area contributed by atoms with Gasteiger partial charge in [0.05, 0.1) is 11.2 Å². The lowest BCUT2D eigenvalue weighted by molar-refractivity contribution is 0.0228. The van der Waals surface area contributed by atoms with E-state index in [9.17, 15) is 9.59 Å². The van der Waals surface area contributed by atoms with Crippen molar-refractivity contribution < 1.29 is 9.53 Å². The molecule has 1 amide bonds. The number of methoxy groups -OCH3 is 1. The van der Waals surface area contributed by atoms with Gasteiger partial charge in [-0.1, -0.05) is 0 Å². The van der Waals surface area contributed by atoms with Crippen LogP contribution in [-0.2, 0) is 4.74 Å². The highest BCUT2D eigenvalue weighted by Crippen LogP contribution is 2.05. The standard InChI is InChI=1S/C11H16N2O3/c1-11(2,16-3)7-13-10(15)8-4-5-9(14)12-6-8/h4-6H,7H2,1-3H3,(H,12,14)(H,13,15). The number of aromatic nitrogens is 1. The molecule has 1 aromatic heterocycles. The van der Waals surface area contributed by atoms with E-state index in [4.69, 9.17) is 4.74 Å². The number of nitrogens with one attached hydrogen (secondary N) is 2. The molecule has 5 nitrogen and oxygen atoms in total. The van der Waals surface area contributed by atoms with Gasteiger partial charge in [-0.15, -0.1) is 0 Å². The van der Waals surface area contributed by atoms with Crippen LogP contribution in [0.4, 0.5) is 0 Å². The number of ether oxygens (including phenoxy) is 1. The highest BCUT2D eigenvalue weighted by molar-refractivity contribution is 5.93. The average Bonchev–Trinajstić information content (AvgIpc) is 2.27. The Balaban J connectivity index is 2.60. The van der Waals surface area contributed by atoms with Gasteiger partial charge in [-0.05, 0) is 19.9 Å².